The molecule has 0 aliphatic carbocycles. The van der Waals surface area contributed by atoms with Crippen molar-refractivity contribution in [3.05, 3.63) is 35.4 Å². The maximum Gasteiger partial charge on any atom is 0.335 e. The highest BCUT2D eigenvalue weighted by atomic mass is 16.4. The molecule has 0 saturated heterocycles. The molecule has 0 aliphatic heterocycles. The minimum Gasteiger partial charge on any atom is -0.478 e. The van der Waals surface area contributed by atoms with Gasteiger partial charge in [0, 0.05) is 6.04 Å². The van der Waals surface area contributed by atoms with Crippen LogP contribution in [-0.4, -0.2) is 30.1 Å². The van der Waals surface area contributed by atoms with Crippen molar-refractivity contribution in [2.24, 2.45) is 5.92 Å². The molecule has 1 rings (SSSR count). The van der Waals surface area contributed by atoms with Crippen LogP contribution in [0, 0.1) is 5.92 Å². The Hall–Kier alpha value is -1.35. The molecule has 0 heterocycles. The lowest BCUT2D eigenvalue weighted by Gasteiger charge is -2.28. The fourth-order valence-corrected chi connectivity index (χ4v) is 2.13. The highest BCUT2D eigenvalue weighted by molar-refractivity contribution is 5.87. The smallest absolute Gasteiger partial charge is 0.335 e. The molecule has 0 radical (unpaired) electrons. The number of carboxylic acids is 1. The standard InChI is InChI=1S/C13H19NO2/c1-9(2)12(14(3)4)10-6-5-7-11(8-10)13(15)16/h5-9,12H,1-4H3,(H,15,16). The zero-order valence-electron chi connectivity index (χ0n) is 10.3. The summed E-state index contributed by atoms with van der Waals surface area (Å²) in [7, 11) is 4.02. The summed E-state index contributed by atoms with van der Waals surface area (Å²) in [5.41, 5.74) is 1.41. The summed E-state index contributed by atoms with van der Waals surface area (Å²) in [5.74, 6) is -0.429. The van der Waals surface area contributed by atoms with Crippen molar-refractivity contribution >= 4 is 5.97 Å². The van der Waals surface area contributed by atoms with Gasteiger partial charge in [-0.3, -0.25) is 0 Å². The molecule has 3 nitrogen and oxygen atoms in total. The Bertz CT molecular complexity index is 364. The van der Waals surface area contributed by atoms with Crippen molar-refractivity contribution in [3.8, 4) is 0 Å². The van der Waals surface area contributed by atoms with Gasteiger partial charge in [0.05, 0.1) is 5.56 Å². The maximum absolute atomic E-state index is 10.9. The normalized spacial score (nSPS) is 13.1. The van der Waals surface area contributed by atoms with E-state index in [0.29, 0.717) is 11.5 Å². The first kappa shape index (κ1) is 12.7. The van der Waals surface area contributed by atoms with Crippen LogP contribution in [0.15, 0.2) is 24.3 Å². The Kier molecular flexibility index (Phi) is 4.07. The van der Waals surface area contributed by atoms with E-state index < -0.39 is 5.97 Å². The average Bonchev–Trinajstić information content (AvgIpc) is 2.16. The Labute approximate surface area is 96.7 Å². The van der Waals surface area contributed by atoms with Crippen molar-refractivity contribution < 1.29 is 9.90 Å². The second-order valence-corrected chi connectivity index (χ2v) is 4.58. The Balaban J connectivity index is 3.10. The molecule has 1 N–H and O–H groups in total. The summed E-state index contributed by atoms with van der Waals surface area (Å²) < 4.78 is 0. The fraction of sp³-hybridized carbons (Fsp3) is 0.462. The predicted octanol–water partition coefficient (Wildman–Crippen LogP) is 2.64. The van der Waals surface area contributed by atoms with Crippen molar-refractivity contribution in [1.82, 2.24) is 4.90 Å². The molecule has 1 unspecified atom stereocenters. The van der Waals surface area contributed by atoms with Crippen molar-refractivity contribution in [3.63, 3.8) is 0 Å². The maximum atomic E-state index is 10.9. The van der Waals surface area contributed by atoms with Crippen LogP contribution >= 0.6 is 0 Å². The highest BCUT2D eigenvalue weighted by Gasteiger charge is 2.18. The molecule has 0 aliphatic rings. The predicted molar refractivity (Wildman–Crippen MR) is 64.7 cm³/mol. The summed E-state index contributed by atoms with van der Waals surface area (Å²) in [6, 6.07) is 7.42. The van der Waals surface area contributed by atoms with Gasteiger partial charge in [0.2, 0.25) is 0 Å². The number of hydrogen-bond donors (Lipinski definition) is 1. The third-order valence-corrected chi connectivity index (χ3v) is 2.66. The van der Waals surface area contributed by atoms with Crippen LogP contribution in [-0.2, 0) is 0 Å². The van der Waals surface area contributed by atoms with E-state index in [9.17, 15) is 4.79 Å². The van der Waals surface area contributed by atoms with Crippen LogP contribution in [0.3, 0.4) is 0 Å². The monoisotopic (exact) mass is 221 g/mol. The third-order valence-electron chi connectivity index (χ3n) is 2.66. The first-order valence-electron chi connectivity index (χ1n) is 5.43. The van der Waals surface area contributed by atoms with Gasteiger partial charge in [-0.05, 0) is 37.7 Å². The van der Waals surface area contributed by atoms with Gasteiger partial charge in [-0.15, -0.1) is 0 Å². The van der Waals surface area contributed by atoms with Gasteiger partial charge in [0.25, 0.3) is 0 Å². The second-order valence-electron chi connectivity index (χ2n) is 4.58. The Morgan fingerprint density at radius 1 is 1.31 bits per heavy atom. The molecule has 1 aromatic rings. The number of benzene rings is 1. The topological polar surface area (TPSA) is 40.5 Å². The molecule has 0 saturated carbocycles. The molecular formula is C13H19NO2. The lowest BCUT2D eigenvalue weighted by molar-refractivity contribution is 0.0696. The zero-order valence-corrected chi connectivity index (χ0v) is 10.3. The molecule has 0 amide bonds. The number of nitrogens with zero attached hydrogens (tertiary/aromatic N) is 1. The van der Waals surface area contributed by atoms with Gasteiger partial charge < -0.3 is 10.0 Å². The average molecular weight is 221 g/mol. The van der Waals surface area contributed by atoms with Gasteiger partial charge in [-0.25, -0.2) is 4.79 Å². The van der Waals surface area contributed by atoms with E-state index in [-0.39, 0.29) is 6.04 Å². The van der Waals surface area contributed by atoms with E-state index in [1.807, 2.05) is 20.2 Å². The number of hydrogen-bond acceptors (Lipinski definition) is 2. The van der Waals surface area contributed by atoms with Crippen molar-refractivity contribution in [1.29, 1.82) is 0 Å². The highest BCUT2D eigenvalue weighted by Crippen LogP contribution is 2.26. The first-order chi connectivity index (χ1) is 7.43. The van der Waals surface area contributed by atoms with E-state index in [0.717, 1.165) is 5.56 Å². The molecule has 0 spiro atoms. The lowest BCUT2D eigenvalue weighted by atomic mass is 9.94. The molecule has 3 heteroatoms. The number of carboxylic acid groups (broad SMARTS) is 1. The summed E-state index contributed by atoms with van der Waals surface area (Å²) in [5, 5.41) is 8.95. The molecule has 0 fully saturated rings. The van der Waals surface area contributed by atoms with Gasteiger partial charge in [-0.2, -0.15) is 0 Å². The largest absolute Gasteiger partial charge is 0.478 e. The van der Waals surface area contributed by atoms with E-state index in [4.69, 9.17) is 5.11 Å². The minimum atomic E-state index is -0.872. The number of aromatic carboxylic acids is 1. The van der Waals surface area contributed by atoms with Crippen LogP contribution in [0.5, 0.6) is 0 Å². The van der Waals surface area contributed by atoms with Crippen LogP contribution in [0.4, 0.5) is 0 Å². The van der Waals surface area contributed by atoms with E-state index in [1.54, 1.807) is 18.2 Å². The molecule has 16 heavy (non-hydrogen) atoms. The molecular weight excluding hydrogens is 202 g/mol. The molecule has 88 valence electrons. The minimum absolute atomic E-state index is 0.249. The van der Waals surface area contributed by atoms with Gasteiger partial charge in [0.1, 0.15) is 0 Å². The van der Waals surface area contributed by atoms with Crippen molar-refractivity contribution in [2.75, 3.05) is 14.1 Å². The third kappa shape index (κ3) is 2.83. The van der Waals surface area contributed by atoms with E-state index in [1.165, 1.54) is 0 Å². The van der Waals surface area contributed by atoms with Gasteiger partial charge in [0.15, 0.2) is 0 Å². The molecule has 0 bridgehead atoms. The SMILES string of the molecule is CC(C)C(c1cccc(C(=O)O)c1)N(C)C. The van der Waals surface area contributed by atoms with E-state index >= 15 is 0 Å². The van der Waals surface area contributed by atoms with Crippen molar-refractivity contribution in [2.45, 2.75) is 19.9 Å². The second kappa shape index (κ2) is 5.12. The molecule has 1 aromatic carbocycles. The quantitative estimate of drug-likeness (QED) is 0.849. The van der Waals surface area contributed by atoms with Gasteiger partial charge in [-0.1, -0.05) is 26.0 Å². The molecule has 1 atom stereocenters. The van der Waals surface area contributed by atoms with Crippen LogP contribution in [0.2, 0.25) is 0 Å². The summed E-state index contributed by atoms with van der Waals surface area (Å²) in [6.07, 6.45) is 0. The Morgan fingerprint density at radius 2 is 1.94 bits per heavy atom. The number of rotatable bonds is 4. The summed E-state index contributed by atoms with van der Waals surface area (Å²) >= 11 is 0. The summed E-state index contributed by atoms with van der Waals surface area (Å²) in [6.45, 7) is 4.27. The van der Waals surface area contributed by atoms with Crippen LogP contribution < -0.4 is 0 Å². The summed E-state index contributed by atoms with van der Waals surface area (Å²) in [4.78, 5) is 13.0. The first-order valence-corrected chi connectivity index (χ1v) is 5.43. The van der Waals surface area contributed by atoms with E-state index in [2.05, 4.69) is 18.7 Å². The van der Waals surface area contributed by atoms with Crippen LogP contribution in [0.1, 0.15) is 35.8 Å². The number of carbonyl (C=O) groups is 1. The zero-order chi connectivity index (χ0) is 12.3. The molecule has 0 aromatic heterocycles. The van der Waals surface area contributed by atoms with Gasteiger partial charge >= 0.3 is 5.97 Å². The lowest BCUT2D eigenvalue weighted by Crippen LogP contribution is -2.24. The van der Waals surface area contributed by atoms with Crippen LogP contribution in [0.25, 0.3) is 0 Å². The Morgan fingerprint density at radius 3 is 2.38 bits per heavy atom. The fourth-order valence-electron chi connectivity index (χ4n) is 2.13.